The number of aromatic nitrogens is 2. The number of hydrogen-bond donors (Lipinski definition) is 1. The maximum Gasteiger partial charge on any atom is 0.225 e. The van der Waals surface area contributed by atoms with Crippen LogP contribution >= 0.6 is 11.8 Å². The van der Waals surface area contributed by atoms with Crippen molar-refractivity contribution in [1.29, 1.82) is 0 Å². The van der Waals surface area contributed by atoms with Crippen LogP contribution in [0.1, 0.15) is 6.92 Å². The maximum absolute atomic E-state index is 11.8. The van der Waals surface area contributed by atoms with Crippen molar-refractivity contribution in [2.45, 2.75) is 6.92 Å². The number of hydrogen-bond acceptors (Lipinski definition) is 6. The normalized spacial score (nSPS) is 17.3. The van der Waals surface area contributed by atoms with Gasteiger partial charge in [0.2, 0.25) is 11.9 Å². The Morgan fingerprint density at radius 3 is 2.64 bits per heavy atom. The second-order valence-corrected chi connectivity index (χ2v) is 6.44. The molecule has 1 aromatic heterocycles. The quantitative estimate of drug-likeness (QED) is 0.798. The molecule has 1 unspecified atom stereocenters. The summed E-state index contributed by atoms with van der Waals surface area (Å²) in [5.41, 5.74) is 0. The minimum absolute atomic E-state index is 0.0853. The number of carbonyl (C=O) groups is 1. The Morgan fingerprint density at radius 2 is 2.00 bits per heavy atom. The van der Waals surface area contributed by atoms with Crippen LogP contribution in [0.15, 0.2) is 18.5 Å². The SMILES string of the molecule is CSCC(C)C(=O)NCCN1CCN(c2ncccn2)CC1. The van der Waals surface area contributed by atoms with E-state index in [-0.39, 0.29) is 11.8 Å². The fraction of sp³-hybridized carbons (Fsp3) is 0.667. The summed E-state index contributed by atoms with van der Waals surface area (Å²) in [5, 5.41) is 3.03. The molecule has 22 heavy (non-hydrogen) atoms. The van der Waals surface area contributed by atoms with Crippen molar-refractivity contribution in [1.82, 2.24) is 20.2 Å². The molecule has 1 fully saturated rings. The van der Waals surface area contributed by atoms with Crippen LogP contribution in [0.3, 0.4) is 0 Å². The molecule has 1 saturated heterocycles. The van der Waals surface area contributed by atoms with E-state index in [1.54, 1.807) is 24.2 Å². The Bertz CT molecular complexity index is 451. The van der Waals surface area contributed by atoms with E-state index in [0.29, 0.717) is 0 Å². The van der Waals surface area contributed by atoms with Crippen LogP contribution in [0.25, 0.3) is 0 Å². The number of nitrogens with one attached hydrogen (secondary N) is 1. The molecular weight excluding hydrogens is 298 g/mol. The second-order valence-electron chi connectivity index (χ2n) is 5.52. The van der Waals surface area contributed by atoms with Gasteiger partial charge in [0.15, 0.2) is 0 Å². The molecule has 0 bridgehead atoms. The van der Waals surface area contributed by atoms with Crippen molar-refractivity contribution in [2.24, 2.45) is 5.92 Å². The summed E-state index contributed by atoms with van der Waals surface area (Å²) in [6, 6.07) is 1.83. The zero-order valence-electron chi connectivity index (χ0n) is 13.4. The lowest BCUT2D eigenvalue weighted by Gasteiger charge is -2.34. The number of piperazine rings is 1. The predicted octanol–water partition coefficient (Wildman–Crippen LogP) is 0.714. The van der Waals surface area contributed by atoms with Gasteiger partial charge in [0.25, 0.3) is 0 Å². The van der Waals surface area contributed by atoms with Gasteiger partial charge in [-0.15, -0.1) is 0 Å². The molecule has 0 saturated carbocycles. The highest BCUT2D eigenvalue weighted by Gasteiger charge is 2.18. The Morgan fingerprint density at radius 1 is 1.32 bits per heavy atom. The van der Waals surface area contributed by atoms with E-state index in [4.69, 9.17) is 0 Å². The topological polar surface area (TPSA) is 61.4 Å². The average Bonchev–Trinajstić information content (AvgIpc) is 2.56. The van der Waals surface area contributed by atoms with Gasteiger partial charge in [0.1, 0.15) is 0 Å². The Kier molecular flexibility index (Phi) is 6.92. The third-order valence-corrected chi connectivity index (χ3v) is 4.63. The van der Waals surface area contributed by atoms with Gasteiger partial charge >= 0.3 is 0 Å². The number of carbonyl (C=O) groups excluding carboxylic acids is 1. The smallest absolute Gasteiger partial charge is 0.225 e. The highest BCUT2D eigenvalue weighted by Crippen LogP contribution is 2.09. The summed E-state index contributed by atoms with van der Waals surface area (Å²) >= 11 is 1.71. The zero-order valence-corrected chi connectivity index (χ0v) is 14.2. The molecule has 0 radical (unpaired) electrons. The molecule has 2 rings (SSSR count). The first-order valence-electron chi connectivity index (χ1n) is 7.71. The van der Waals surface area contributed by atoms with E-state index in [0.717, 1.165) is 51.0 Å². The Hall–Kier alpha value is -1.34. The van der Waals surface area contributed by atoms with Gasteiger partial charge in [-0.25, -0.2) is 9.97 Å². The molecule has 2 heterocycles. The van der Waals surface area contributed by atoms with Gasteiger partial charge in [-0.05, 0) is 12.3 Å². The summed E-state index contributed by atoms with van der Waals surface area (Å²) in [4.78, 5) is 25.0. The van der Waals surface area contributed by atoms with E-state index in [1.807, 2.05) is 19.2 Å². The van der Waals surface area contributed by atoms with Crippen molar-refractivity contribution < 1.29 is 4.79 Å². The number of nitrogens with zero attached hydrogens (tertiary/aromatic N) is 4. The molecule has 122 valence electrons. The molecule has 1 amide bonds. The lowest BCUT2D eigenvalue weighted by Crippen LogP contribution is -2.49. The molecule has 1 aliphatic heterocycles. The predicted molar refractivity (Wildman–Crippen MR) is 91.2 cm³/mol. The summed E-state index contributed by atoms with van der Waals surface area (Å²) in [6.45, 7) is 7.43. The van der Waals surface area contributed by atoms with E-state index in [9.17, 15) is 4.79 Å². The number of thioether (sulfide) groups is 1. The van der Waals surface area contributed by atoms with Crippen molar-refractivity contribution in [3.05, 3.63) is 18.5 Å². The molecule has 0 aromatic carbocycles. The number of anilines is 1. The summed E-state index contributed by atoms with van der Waals surface area (Å²) < 4.78 is 0. The van der Waals surface area contributed by atoms with Crippen LogP contribution in [0, 0.1) is 5.92 Å². The monoisotopic (exact) mass is 323 g/mol. The molecule has 7 heteroatoms. The summed E-state index contributed by atoms with van der Waals surface area (Å²) in [5.74, 6) is 1.93. The third-order valence-electron chi connectivity index (χ3n) is 3.80. The minimum Gasteiger partial charge on any atom is -0.355 e. The first-order valence-corrected chi connectivity index (χ1v) is 9.11. The molecule has 1 N–H and O–H groups in total. The van der Waals surface area contributed by atoms with Crippen molar-refractivity contribution >= 4 is 23.6 Å². The number of rotatable bonds is 7. The lowest BCUT2D eigenvalue weighted by atomic mass is 10.2. The van der Waals surface area contributed by atoms with Gasteiger partial charge in [-0.1, -0.05) is 6.92 Å². The van der Waals surface area contributed by atoms with Crippen molar-refractivity contribution in [2.75, 3.05) is 56.2 Å². The molecular formula is C15H25N5OS. The molecule has 1 aromatic rings. The van der Waals surface area contributed by atoms with Crippen molar-refractivity contribution in [3.63, 3.8) is 0 Å². The summed E-state index contributed by atoms with van der Waals surface area (Å²) in [7, 11) is 0. The fourth-order valence-electron chi connectivity index (χ4n) is 2.46. The fourth-order valence-corrected chi connectivity index (χ4v) is 3.11. The van der Waals surface area contributed by atoms with Gasteiger partial charge in [-0.3, -0.25) is 9.69 Å². The standard InChI is InChI=1S/C15H25N5OS/c1-13(12-22-2)14(21)16-6-7-19-8-10-20(11-9-19)15-17-4-3-5-18-15/h3-5,13H,6-12H2,1-2H3,(H,16,21). The molecule has 1 aliphatic rings. The highest BCUT2D eigenvalue weighted by molar-refractivity contribution is 7.98. The van der Waals surface area contributed by atoms with Gasteiger partial charge < -0.3 is 10.2 Å². The first-order chi connectivity index (χ1) is 10.7. The van der Waals surface area contributed by atoms with Crippen molar-refractivity contribution in [3.8, 4) is 0 Å². The van der Waals surface area contributed by atoms with Crippen LogP contribution in [0.5, 0.6) is 0 Å². The van der Waals surface area contributed by atoms with Crippen LogP contribution in [-0.4, -0.2) is 72.1 Å². The first kappa shape index (κ1) is 17.0. The van der Waals surface area contributed by atoms with E-state index >= 15 is 0 Å². The minimum atomic E-state index is 0.0853. The van der Waals surface area contributed by atoms with E-state index in [2.05, 4.69) is 25.1 Å². The summed E-state index contributed by atoms with van der Waals surface area (Å²) in [6.07, 6.45) is 5.58. The maximum atomic E-state index is 11.8. The molecule has 0 aliphatic carbocycles. The van der Waals surface area contributed by atoms with Crippen LogP contribution in [-0.2, 0) is 4.79 Å². The van der Waals surface area contributed by atoms with E-state index < -0.39 is 0 Å². The van der Waals surface area contributed by atoms with Gasteiger partial charge in [0.05, 0.1) is 0 Å². The van der Waals surface area contributed by atoms with Gasteiger partial charge in [-0.2, -0.15) is 11.8 Å². The van der Waals surface area contributed by atoms with Crippen LogP contribution in [0.4, 0.5) is 5.95 Å². The largest absolute Gasteiger partial charge is 0.355 e. The highest BCUT2D eigenvalue weighted by atomic mass is 32.2. The number of amides is 1. The zero-order chi connectivity index (χ0) is 15.8. The average molecular weight is 323 g/mol. The van der Waals surface area contributed by atoms with Crippen LogP contribution < -0.4 is 10.2 Å². The second kappa shape index (κ2) is 8.95. The Balaban J connectivity index is 1.65. The third kappa shape index (κ3) is 5.14. The van der Waals surface area contributed by atoms with E-state index in [1.165, 1.54) is 0 Å². The molecule has 6 nitrogen and oxygen atoms in total. The lowest BCUT2D eigenvalue weighted by molar-refractivity contribution is -0.123. The van der Waals surface area contributed by atoms with Crippen LogP contribution in [0.2, 0.25) is 0 Å². The van der Waals surface area contributed by atoms with Gasteiger partial charge in [0, 0.05) is 63.3 Å². The Labute approximate surface area is 136 Å². The molecule has 1 atom stereocenters. The molecule has 0 spiro atoms.